The lowest BCUT2D eigenvalue weighted by atomic mass is 10.2. The van der Waals surface area contributed by atoms with Gasteiger partial charge in [0.2, 0.25) is 0 Å². The number of nitrogens with zero attached hydrogens (tertiary/aromatic N) is 2. The first kappa shape index (κ1) is 15.0. The van der Waals surface area contributed by atoms with E-state index in [4.69, 9.17) is 0 Å². The number of thioether (sulfide) groups is 1. The van der Waals surface area contributed by atoms with Gasteiger partial charge in [0.25, 0.3) is 11.6 Å². The number of nitrogens with one attached hydrogen (secondary N) is 1. The van der Waals surface area contributed by atoms with Crippen molar-refractivity contribution in [3.05, 3.63) is 57.8 Å². The molecule has 0 bridgehead atoms. The van der Waals surface area contributed by atoms with Crippen LogP contribution in [0.2, 0.25) is 0 Å². The molecular formula is C14H13N3O3S. The predicted octanol–water partition coefficient (Wildman–Crippen LogP) is 3.27. The van der Waals surface area contributed by atoms with Crippen molar-refractivity contribution in [3.63, 3.8) is 0 Å². The summed E-state index contributed by atoms with van der Waals surface area (Å²) in [6.45, 7) is 1.89. The number of benzene rings is 1. The number of nitro benzene ring substituents is 1. The smallest absolute Gasteiger partial charge is 0.283 e. The fraction of sp³-hybridized carbons (Fsp3) is 0.143. The summed E-state index contributed by atoms with van der Waals surface area (Å²) < 4.78 is 0. The van der Waals surface area contributed by atoms with Crippen molar-refractivity contribution in [2.24, 2.45) is 0 Å². The minimum atomic E-state index is -0.493. The van der Waals surface area contributed by atoms with Crippen LogP contribution in [0.1, 0.15) is 15.9 Å². The molecule has 1 aromatic heterocycles. The van der Waals surface area contributed by atoms with Crippen LogP contribution in [0.5, 0.6) is 0 Å². The Morgan fingerprint density at radius 3 is 2.67 bits per heavy atom. The SMILES string of the molecule is CSc1ccc(C(=O)Nc2ccc(C)cn2)cc1[N+](=O)[O-]. The Balaban J connectivity index is 2.25. The highest BCUT2D eigenvalue weighted by molar-refractivity contribution is 7.98. The van der Waals surface area contributed by atoms with Crippen LogP contribution in [0.25, 0.3) is 0 Å². The van der Waals surface area contributed by atoms with Crippen LogP contribution in [-0.4, -0.2) is 22.1 Å². The molecule has 6 nitrogen and oxygen atoms in total. The maximum Gasteiger partial charge on any atom is 0.283 e. The Hall–Kier alpha value is -2.41. The number of hydrogen-bond donors (Lipinski definition) is 1. The second-order valence-corrected chi connectivity index (χ2v) is 5.17. The van der Waals surface area contributed by atoms with E-state index in [2.05, 4.69) is 10.3 Å². The standard InChI is InChI=1S/C14H13N3O3S/c1-9-3-6-13(15-8-9)16-14(18)10-4-5-12(21-2)11(7-10)17(19)20/h3-8H,1-2H3,(H,15,16,18). The van der Waals surface area contributed by atoms with Gasteiger partial charge in [0, 0.05) is 17.8 Å². The molecule has 0 aliphatic rings. The van der Waals surface area contributed by atoms with Crippen LogP contribution in [0.4, 0.5) is 11.5 Å². The van der Waals surface area contributed by atoms with E-state index in [0.717, 1.165) is 5.56 Å². The summed E-state index contributed by atoms with van der Waals surface area (Å²) in [5.41, 5.74) is 1.13. The van der Waals surface area contributed by atoms with E-state index in [1.54, 1.807) is 30.7 Å². The number of aromatic nitrogens is 1. The number of anilines is 1. The summed E-state index contributed by atoms with van der Waals surface area (Å²) in [5.74, 6) is -0.0238. The Morgan fingerprint density at radius 1 is 1.33 bits per heavy atom. The topological polar surface area (TPSA) is 85.1 Å². The predicted molar refractivity (Wildman–Crippen MR) is 81.8 cm³/mol. The third-order valence-electron chi connectivity index (χ3n) is 2.79. The Labute approximate surface area is 125 Å². The minimum Gasteiger partial charge on any atom is -0.307 e. The van der Waals surface area contributed by atoms with Crippen LogP contribution in [-0.2, 0) is 0 Å². The average molecular weight is 303 g/mol. The van der Waals surface area contributed by atoms with E-state index in [9.17, 15) is 14.9 Å². The van der Waals surface area contributed by atoms with E-state index >= 15 is 0 Å². The van der Waals surface area contributed by atoms with Crippen molar-refractivity contribution in [2.75, 3.05) is 11.6 Å². The zero-order valence-corrected chi connectivity index (χ0v) is 12.3. The summed E-state index contributed by atoms with van der Waals surface area (Å²) >= 11 is 1.26. The van der Waals surface area contributed by atoms with Crippen molar-refractivity contribution >= 4 is 29.2 Å². The third kappa shape index (κ3) is 3.57. The largest absolute Gasteiger partial charge is 0.307 e. The molecule has 0 unspecified atom stereocenters. The zero-order chi connectivity index (χ0) is 15.4. The Bertz CT molecular complexity index is 686. The number of aryl methyl sites for hydroxylation is 1. The molecule has 1 amide bonds. The van der Waals surface area contributed by atoms with Gasteiger partial charge in [0.05, 0.1) is 9.82 Å². The molecule has 0 atom stereocenters. The molecule has 2 aromatic rings. The molecule has 1 N–H and O–H groups in total. The summed E-state index contributed by atoms with van der Waals surface area (Å²) in [5, 5.41) is 13.6. The Morgan fingerprint density at radius 2 is 2.10 bits per heavy atom. The summed E-state index contributed by atoms with van der Waals surface area (Å²) in [4.78, 5) is 27.2. The second-order valence-electron chi connectivity index (χ2n) is 4.32. The highest BCUT2D eigenvalue weighted by Crippen LogP contribution is 2.28. The van der Waals surface area contributed by atoms with Gasteiger partial charge in [0.15, 0.2) is 0 Å². The number of nitro groups is 1. The van der Waals surface area contributed by atoms with Crippen molar-refractivity contribution in [3.8, 4) is 0 Å². The summed E-state index contributed by atoms with van der Waals surface area (Å²) in [7, 11) is 0. The lowest BCUT2D eigenvalue weighted by molar-refractivity contribution is -0.387. The summed E-state index contributed by atoms with van der Waals surface area (Å²) in [6, 6.07) is 7.90. The number of pyridine rings is 1. The normalized spacial score (nSPS) is 10.2. The first-order valence-corrected chi connectivity index (χ1v) is 7.30. The zero-order valence-electron chi connectivity index (χ0n) is 11.5. The first-order chi connectivity index (χ1) is 10.0. The van der Waals surface area contributed by atoms with Gasteiger partial charge in [-0.1, -0.05) is 6.07 Å². The molecule has 0 aliphatic carbocycles. The van der Waals surface area contributed by atoms with Crippen LogP contribution < -0.4 is 5.32 Å². The van der Waals surface area contributed by atoms with Crippen molar-refractivity contribution in [1.29, 1.82) is 0 Å². The van der Waals surface area contributed by atoms with Crippen LogP contribution >= 0.6 is 11.8 Å². The maximum absolute atomic E-state index is 12.1. The molecule has 21 heavy (non-hydrogen) atoms. The van der Waals surface area contributed by atoms with Gasteiger partial charge in [0.1, 0.15) is 5.82 Å². The van der Waals surface area contributed by atoms with E-state index in [1.165, 1.54) is 17.8 Å². The van der Waals surface area contributed by atoms with Gasteiger partial charge in [-0.25, -0.2) is 4.98 Å². The molecule has 0 radical (unpaired) electrons. The van der Waals surface area contributed by atoms with E-state index in [-0.39, 0.29) is 11.3 Å². The molecule has 108 valence electrons. The van der Waals surface area contributed by atoms with E-state index < -0.39 is 10.8 Å². The van der Waals surface area contributed by atoms with Crippen LogP contribution in [0.3, 0.4) is 0 Å². The fourth-order valence-electron chi connectivity index (χ4n) is 1.70. The van der Waals surface area contributed by atoms with Gasteiger partial charge in [-0.2, -0.15) is 0 Å². The summed E-state index contributed by atoms with van der Waals surface area (Å²) in [6.07, 6.45) is 3.38. The average Bonchev–Trinajstić information content (AvgIpc) is 2.48. The number of carbonyl (C=O) groups is 1. The first-order valence-electron chi connectivity index (χ1n) is 6.07. The Kier molecular flexibility index (Phi) is 4.54. The number of hydrogen-bond acceptors (Lipinski definition) is 5. The molecule has 1 aromatic carbocycles. The number of amides is 1. The quantitative estimate of drug-likeness (QED) is 0.532. The molecule has 1 heterocycles. The van der Waals surface area contributed by atoms with Gasteiger partial charge in [-0.05, 0) is 36.9 Å². The molecule has 7 heteroatoms. The molecule has 0 saturated heterocycles. The van der Waals surface area contributed by atoms with E-state index in [0.29, 0.717) is 10.7 Å². The number of rotatable bonds is 4. The van der Waals surface area contributed by atoms with Crippen molar-refractivity contribution < 1.29 is 9.72 Å². The fourth-order valence-corrected chi connectivity index (χ4v) is 2.25. The molecule has 0 saturated carbocycles. The third-order valence-corrected chi connectivity index (χ3v) is 3.58. The minimum absolute atomic E-state index is 0.0768. The second kappa shape index (κ2) is 6.36. The van der Waals surface area contributed by atoms with Gasteiger partial charge < -0.3 is 5.32 Å². The van der Waals surface area contributed by atoms with Gasteiger partial charge >= 0.3 is 0 Å². The van der Waals surface area contributed by atoms with E-state index in [1.807, 2.05) is 13.0 Å². The molecule has 2 rings (SSSR count). The van der Waals surface area contributed by atoms with Crippen molar-refractivity contribution in [2.45, 2.75) is 11.8 Å². The molecule has 0 aliphatic heterocycles. The lowest BCUT2D eigenvalue weighted by Crippen LogP contribution is -2.13. The van der Waals surface area contributed by atoms with Gasteiger partial charge in [-0.3, -0.25) is 14.9 Å². The molecular weight excluding hydrogens is 290 g/mol. The van der Waals surface area contributed by atoms with Gasteiger partial charge in [-0.15, -0.1) is 11.8 Å². The lowest BCUT2D eigenvalue weighted by Gasteiger charge is -2.06. The highest BCUT2D eigenvalue weighted by atomic mass is 32.2. The van der Waals surface area contributed by atoms with Crippen LogP contribution in [0, 0.1) is 17.0 Å². The van der Waals surface area contributed by atoms with Crippen LogP contribution in [0.15, 0.2) is 41.4 Å². The monoisotopic (exact) mass is 303 g/mol. The molecule has 0 spiro atoms. The highest BCUT2D eigenvalue weighted by Gasteiger charge is 2.17. The molecule has 0 fully saturated rings. The number of carbonyl (C=O) groups excluding carboxylic acids is 1. The van der Waals surface area contributed by atoms with Crippen molar-refractivity contribution in [1.82, 2.24) is 4.98 Å². The maximum atomic E-state index is 12.1.